The van der Waals surface area contributed by atoms with E-state index < -0.39 is 0 Å². The van der Waals surface area contributed by atoms with Crippen molar-refractivity contribution in [3.05, 3.63) is 0 Å². The van der Waals surface area contributed by atoms with E-state index in [1.165, 1.54) is 96.6 Å². The van der Waals surface area contributed by atoms with Gasteiger partial charge in [0.1, 0.15) is 0 Å². The van der Waals surface area contributed by atoms with E-state index in [9.17, 15) is 0 Å². The minimum atomic E-state index is 0.593. The normalized spacial score (nSPS) is 29.5. The van der Waals surface area contributed by atoms with Gasteiger partial charge in [0.25, 0.3) is 0 Å². The fourth-order valence-corrected chi connectivity index (χ4v) is 4.36. The molecule has 1 N–H and O–H groups in total. The zero-order valence-corrected chi connectivity index (χ0v) is 16.1. The maximum Gasteiger partial charge on any atom is 0.000794 e. The lowest BCUT2D eigenvalue weighted by Crippen LogP contribution is -2.35. The second-order valence-corrected chi connectivity index (χ2v) is 8.08. The van der Waals surface area contributed by atoms with Crippen LogP contribution in [0.3, 0.4) is 0 Å². The summed E-state index contributed by atoms with van der Waals surface area (Å²) in [4.78, 5) is 0. The average molecular weight is 310 g/mol. The first kappa shape index (κ1) is 20.0. The number of hydrogen-bond donors (Lipinski definition) is 1. The summed E-state index contributed by atoms with van der Waals surface area (Å²) in [7, 11) is 0. The largest absolute Gasteiger partial charge is 0.316 e. The molecule has 0 aromatic heterocycles. The molecule has 2 atom stereocenters. The van der Waals surface area contributed by atoms with Crippen LogP contribution in [-0.2, 0) is 0 Å². The van der Waals surface area contributed by atoms with Crippen molar-refractivity contribution in [3.63, 3.8) is 0 Å². The quantitative estimate of drug-likeness (QED) is 0.418. The van der Waals surface area contributed by atoms with E-state index in [-0.39, 0.29) is 0 Å². The van der Waals surface area contributed by atoms with E-state index >= 15 is 0 Å². The predicted molar refractivity (Wildman–Crippen MR) is 100 cm³/mol. The molecule has 2 unspecified atom stereocenters. The smallest absolute Gasteiger partial charge is 0.000794 e. The Labute approximate surface area is 141 Å². The fraction of sp³-hybridized carbons (Fsp3) is 1.00. The highest BCUT2D eigenvalue weighted by atomic mass is 14.9. The van der Waals surface area contributed by atoms with Gasteiger partial charge in [-0.1, -0.05) is 72.6 Å². The Balaban J connectivity index is 2.55. The summed E-state index contributed by atoms with van der Waals surface area (Å²) in [6.07, 6.45) is 18.4. The molecule has 0 aromatic carbocycles. The Kier molecular flexibility index (Phi) is 9.71. The van der Waals surface area contributed by atoms with Gasteiger partial charge in [-0.15, -0.1) is 0 Å². The molecule has 1 aliphatic rings. The van der Waals surface area contributed by atoms with Crippen molar-refractivity contribution < 1.29 is 0 Å². The van der Waals surface area contributed by atoms with E-state index in [0.717, 1.165) is 0 Å². The molecular weight excluding hydrogens is 266 g/mol. The van der Waals surface area contributed by atoms with E-state index in [4.69, 9.17) is 0 Å². The summed E-state index contributed by atoms with van der Waals surface area (Å²) < 4.78 is 0. The molecule has 0 radical (unpaired) electrons. The highest BCUT2D eigenvalue weighted by Gasteiger charge is 2.37. The Hall–Kier alpha value is -0.0400. The lowest BCUT2D eigenvalue weighted by atomic mass is 9.70. The van der Waals surface area contributed by atoms with Crippen LogP contribution in [0.2, 0.25) is 0 Å². The molecule has 1 nitrogen and oxygen atoms in total. The number of rotatable bonds is 11. The minimum Gasteiger partial charge on any atom is -0.316 e. The number of hydrogen-bond acceptors (Lipinski definition) is 1. The molecule has 1 aliphatic heterocycles. The van der Waals surface area contributed by atoms with Crippen LogP contribution in [0.25, 0.3) is 0 Å². The summed E-state index contributed by atoms with van der Waals surface area (Å²) >= 11 is 0. The predicted octanol–water partition coefficient (Wildman–Crippen LogP) is 6.71. The Morgan fingerprint density at radius 3 is 1.55 bits per heavy atom. The van der Waals surface area contributed by atoms with Crippen molar-refractivity contribution in [2.45, 2.75) is 111 Å². The van der Waals surface area contributed by atoms with Crippen molar-refractivity contribution in [2.24, 2.45) is 10.8 Å². The molecule has 0 aliphatic carbocycles. The molecule has 1 saturated heterocycles. The van der Waals surface area contributed by atoms with Crippen LogP contribution in [0.5, 0.6) is 0 Å². The third-order valence-corrected chi connectivity index (χ3v) is 6.56. The van der Waals surface area contributed by atoms with Gasteiger partial charge in [-0.25, -0.2) is 0 Å². The Morgan fingerprint density at radius 1 is 0.636 bits per heavy atom. The maximum atomic E-state index is 3.90. The molecular formula is C21H43N. The van der Waals surface area contributed by atoms with Crippen LogP contribution < -0.4 is 5.32 Å². The first-order valence-corrected chi connectivity index (χ1v) is 10.4. The third-order valence-electron chi connectivity index (χ3n) is 6.56. The van der Waals surface area contributed by atoms with Gasteiger partial charge in [0, 0.05) is 13.1 Å². The van der Waals surface area contributed by atoms with Gasteiger partial charge < -0.3 is 5.32 Å². The Morgan fingerprint density at radius 2 is 1.09 bits per heavy atom. The molecule has 0 amide bonds. The van der Waals surface area contributed by atoms with Crippen LogP contribution in [0, 0.1) is 10.8 Å². The van der Waals surface area contributed by atoms with E-state index in [1.807, 2.05) is 0 Å². The van der Waals surface area contributed by atoms with Gasteiger partial charge in [0.05, 0.1) is 0 Å². The second kappa shape index (κ2) is 10.7. The van der Waals surface area contributed by atoms with Crippen LogP contribution in [-0.4, -0.2) is 13.1 Å². The molecule has 1 heterocycles. The summed E-state index contributed by atoms with van der Waals surface area (Å²) in [5.74, 6) is 0. The van der Waals surface area contributed by atoms with Gasteiger partial charge in [0.15, 0.2) is 0 Å². The van der Waals surface area contributed by atoms with Crippen molar-refractivity contribution in [2.75, 3.05) is 13.1 Å². The van der Waals surface area contributed by atoms with Crippen molar-refractivity contribution in [1.82, 2.24) is 5.32 Å². The topological polar surface area (TPSA) is 12.0 Å². The first-order chi connectivity index (χ1) is 10.7. The highest BCUT2D eigenvalue weighted by Crippen LogP contribution is 2.43. The summed E-state index contributed by atoms with van der Waals surface area (Å²) in [5.41, 5.74) is 1.19. The highest BCUT2D eigenvalue weighted by molar-refractivity contribution is 4.91. The van der Waals surface area contributed by atoms with Crippen LogP contribution >= 0.6 is 0 Å². The minimum absolute atomic E-state index is 0.593. The molecule has 0 bridgehead atoms. The molecule has 132 valence electrons. The maximum absolute atomic E-state index is 3.90. The van der Waals surface area contributed by atoms with Gasteiger partial charge in [-0.05, 0) is 49.4 Å². The van der Waals surface area contributed by atoms with E-state index in [1.54, 1.807) is 0 Å². The van der Waals surface area contributed by atoms with Gasteiger partial charge in [-0.2, -0.15) is 0 Å². The zero-order chi connectivity index (χ0) is 16.3. The van der Waals surface area contributed by atoms with Crippen molar-refractivity contribution in [3.8, 4) is 0 Å². The molecule has 1 heteroatoms. The monoisotopic (exact) mass is 309 g/mol. The zero-order valence-electron chi connectivity index (χ0n) is 16.1. The SMILES string of the molecule is CCCCCCC1(CC)CCC(CC)(CCCCC)CNC1. The van der Waals surface area contributed by atoms with Crippen LogP contribution in [0.4, 0.5) is 0 Å². The van der Waals surface area contributed by atoms with Gasteiger partial charge >= 0.3 is 0 Å². The average Bonchev–Trinajstić information content (AvgIpc) is 2.73. The molecule has 1 fully saturated rings. The lowest BCUT2D eigenvalue weighted by Gasteiger charge is -2.34. The van der Waals surface area contributed by atoms with E-state index in [2.05, 4.69) is 33.0 Å². The number of unbranched alkanes of at least 4 members (excludes halogenated alkanes) is 5. The molecule has 22 heavy (non-hydrogen) atoms. The van der Waals surface area contributed by atoms with Gasteiger partial charge in [-0.3, -0.25) is 0 Å². The molecule has 0 spiro atoms. The first-order valence-electron chi connectivity index (χ1n) is 10.4. The Bertz CT molecular complexity index is 275. The molecule has 0 aromatic rings. The standard InChI is InChI=1S/C21H43N/c1-5-9-11-13-15-21(8-4)17-16-20(7-3,18-22-19-21)14-12-10-6-2/h22H,5-19H2,1-4H3. The summed E-state index contributed by atoms with van der Waals surface area (Å²) in [5, 5.41) is 3.90. The van der Waals surface area contributed by atoms with E-state index in [0.29, 0.717) is 10.8 Å². The van der Waals surface area contributed by atoms with Crippen molar-refractivity contribution >= 4 is 0 Å². The van der Waals surface area contributed by atoms with Crippen LogP contribution in [0.1, 0.15) is 111 Å². The third kappa shape index (κ3) is 6.22. The van der Waals surface area contributed by atoms with Crippen molar-refractivity contribution in [1.29, 1.82) is 0 Å². The fourth-order valence-electron chi connectivity index (χ4n) is 4.36. The number of nitrogens with one attached hydrogen (secondary N) is 1. The second-order valence-electron chi connectivity index (χ2n) is 8.08. The lowest BCUT2D eigenvalue weighted by molar-refractivity contribution is 0.185. The summed E-state index contributed by atoms with van der Waals surface area (Å²) in [6, 6.07) is 0. The van der Waals surface area contributed by atoms with Crippen LogP contribution in [0.15, 0.2) is 0 Å². The van der Waals surface area contributed by atoms with Gasteiger partial charge in [0.2, 0.25) is 0 Å². The molecule has 0 saturated carbocycles. The molecule has 1 rings (SSSR count). The summed E-state index contributed by atoms with van der Waals surface area (Å²) in [6.45, 7) is 12.0.